The monoisotopic (exact) mass is 485 g/mol. The van der Waals surface area contributed by atoms with E-state index in [4.69, 9.17) is 14.2 Å². The summed E-state index contributed by atoms with van der Waals surface area (Å²) in [5.74, 6) is 2.73. The summed E-state index contributed by atoms with van der Waals surface area (Å²) in [6.45, 7) is 3.34. The molecule has 27 heavy (non-hydrogen) atoms. The fourth-order valence-electron chi connectivity index (χ4n) is 2.62. The third kappa shape index (κ3) is 6.20. The lowest BCUT2D eigenvalue weighted by molar-refractivity contribution is 0.347. The number of hydrogen-bond acceptors (Lipinski definition) is 4. The SMILES string of the molecule is CN=C(NCc1ccccc1C)NCc1cc(OC)c(OC)cc1OC.I. The number of methoxy groups -OCH3 is 3. The molecule has 2 aromatic carbocycles. The molecule has 0 fully saturated rings. The number of aryl methyl sites for hydroxylation is 1. The van der Waals surface area contributed by atoms with E-state index in [9.17, 15) is 0 Å². The number of benzene rings is 2. The highest BCUT2D eigenvalue weighted by Gasteiger charge is 2.12. The molecule has 0 aliphatic carbocycles. The Kier molecular flexibility index (Phi) is 9.77. The van der Waals surface area contributed by atoms with Crippen molar-refractivity contribution >= 4 is 29.9 Å². The van der Waals surface area contributed by atoms with Crippen molar-refractivity contribution in [2.75, 3.05) is 28.4 Å². The van der Waals surface area contributed by atoms with E-state index in [0.29, 0.717) is 30.5 Å². The Labute approximate surface area is 178 Å². The molecule has 0 atom stereocenters. The summed E-state index contributed by atoms with van der Waals surface area (Å²) >= 11 is 0. The van der Waals surface area contributed by atoms with Gasteiger partial charge in [0.1, 0.15) is 5.75 Å². The quantitative estimate of drug-likeness (QED) is 0.357. The number of halogens is 1. The van der Waals surface area contributed by atoms with E-state index in [2.05, 4.69) is 34.7 Å². The molecule has 0 heterocycles. The zero-order chi connectivity index (χ0) is 18.9. The second kappa shape index (κ2) is 11.5. The van der Waals surface area contributed by atoms with Gasteiger partial charge in [0.25, 0.3) is 0 Å². The molecule has 0 amide bonds. The lowest BCUT2D eigenvalue weighted by Crippen LogP contribution is -2.36. The summed E-state index contributed by atoms with van der Waals surface area (Å²) in [6.07, 6.45) is 0. The van der Waals surface area contributed by atoms with E-state index in [0.717, 1.165) is 11.3 Å². The Morgan fingerprint density at radius 2 is 1.41 bits per heavy atom. The van der Waals surface area contributed by atoms with Crippen LogP contribution in [0.1, 0.15) is 16.7 Å². The molecule has 2 aromatic rings. The minimum Gasteiger partial charge on any atom is -0.496 e. The van der Waals surface area contributed by atoms with E-state index < -0.39 is 0 Å². The Morgan fingerprint density at radius 3 is 1.96 bits per heavy atom. The second-order valence-corrected chi connectivity index (χ2v) is 5.72. The zero-order valence-corrected chi connectivity index (χ0v) is 18.8. The number of nitrogens with one attached hydrogen (secondary N) is 2. The Balaban J connectivity index is 0.00000364. The average Bonchev–Trinajstić information content (AvgIpc) is 2.68. The lowest BCUT2D eigenvalue weighted by atomic mass is 10.1. The van der Waals surface area contributed by atoms with Crippen molar-refractivity contribution in [2.45, 2.75) is 20.0 Å². The maximum Gasteiger partial charge on any atom is 0.191 e. The summed E-state index contributed by atoms with van der Waals surface area (Å²) in [4.78, 5) is 4.28. The van der Waals surface area contributed by atoms with Crippen LogP contribution in [-0.4, -0.2) is 34.3 Å². The average molecular weight is 485 g/mol. The number of nitrogens with zero attached hydrogens (tertiary/aromatic N) is 1. The predicted molar refractivity (Wildman–Crippen MR) is 120 cm³/mol. The van der Waals surface area contributed by atoms with E-state index >= 15 is 0 Å². The topological polar surface area (TPSA) is 64.1 Å². The lowest BCUT2D eigenvalue weighted by Gasteiger charge is -2.16. The van der Waals surface area contributed by atoms with Gasteiger partial charge < -0.3 is 24.8 Å². The van der Waals surface area contributed by atoms with Gasteiger partial charge in [0.05, 0.1) is 21.3 Å². The summed E-state index contributed by atoms with van der Waals surface area (Å²) in [6, 6.07) is 12.0. The minimum absolute atomic E-state index is 0. The fraction of sp³-hybridized carbons (Fsp3) is 0.350. The number of rotatable bonds is 7. The standard InChI is InChI=1S/C20H27N3O3.HI/c1-14-8-6-7-9-15(14)12-22-20(21-2)23-13-16-10-18(25-4)19(26-5)11-17(16)24-3;/h6-11H,12-13H2,1-5H3,(H2,21,22,23);1H. The van der Waals surface area contributed by atoms with Crippen molar-refractivity contribution in [1.82, 2.24) is 10.6 Å². The maximum absolute atomic E-state index is 5.46. The smallest absolute Gasteiger partial charge is 0.191 e. The van der Waals surface area contributed by atoms with Crippen LogP contribution in [0.15, 0.2) is 41.4 Å². The van der Waals surface area contributed by atoms with Gasteiger partial charge in [-0.25, -0.2) is 0 Å². The van der Waals surface area contributed by atoms with Gasteiger partial charge in [0.15, 0.2) is 17.5 Å². The third-order valence-corrected chi connectivity index (χ3v) is 4.16. The predicted octanol–water partition coefficient (Wildman–Crippen LogP) is 3.50. The second-order valence-electron chi connectivity index (χ2n) is 5.72. The first-order chi connectivity index (χ1) is 12.6. The molecule has 0 spiro atoms. The number of aliphatic imine (C=N–C) groups is 1. The van der Waals surface area contributed by atoms with Crippen LogP contribution in [0.5, 0.6) is 17.2 Å². The molecular formula is C20H28IN3O3. The highest BCUT2D eigenvalue weighted by Crippen LogP contribution is 2.34. The first kappa shape index (κ1) is 22.9. The van der Waals surface area contributed by atoms with Gasteiger partial charge in [-0.15, -0.1) is 24.0 Å². The highest BCUT2D eigenvalue weighted by molar-refractivity contribution is 14.0. The molecular weight excluding hydrogens is 457 g/mol. The van der Waals surface area contributed by atoms with Crippen molar-refractivity contribution < 1.29 is 14.2 Å². The molecule has 7 heteroatoms. The van der Waals surface area contributed by atoms with Crippen molar-refractivity contribution in [1.29, 1.82) is 0 Å². The zero-order valence-electron chi connectivity index (χ0n) is 16.5. The Hall–Kier alpha value is -2.16. The molecule has 0 radical (unpaired) electrons. The van der Waals surface area contributed by atoms with Crippen LogP contribution in [0, 0.1) is 6.92 Å². The Bertz CT molecular complexity index is 766. The van der Waals surface area contributed by atoms with Crippen LogP contribution in [0.2, 0.25) is 0 Å². The van der Waals surface area contributed by atoms with Crippen LogP contribution >= 0.6 is 24.0 Å². The molecule has 2 N–H and O–H groups in total. The number of ether oxygens (including phenoxy) is 3. The van der Waals surface area contributed by atoms with Gasteiger partial charge in [-0.3, -0.25) is 4.99 Å². The normalized spacial score (nSPS) is 10.6. The molecule has 2 rings (SSSR count). The summed E-state index contributed by atoms with van der Waals surface area (Å²) < 4.78 is 16.2. The van der Waals surface area contributed by atoms with Gasteiger partial charge in [-0.05, 0) is 24.1 Å². The highest BCUT2D eigenvalue weighted by atomic mass is 127. The van der Waals surface area contributed by atoms with Crippen LogP contribution in [0.3, 0.4) is 0 Å². The molecule has 6 nitrogen and oxygen atoms in total. The van der Waals surface area contributed by atoms with Crippen LogP contribution < -0.4 is 24.8 Å². The van der Waals surface area contributed by atoms with Crippen molar-refractivity contribution in [3.8, 4) is 17.2 Å². The van der Waals surface area contributed by atoms with E-state index in [-0.39, 0.29) is 24.0 Å². The van der Waals surface area contributed by atoms with E-state index in [1.807, 2.05) is 24.3 Å². The minimum atomic E-state index is 0. The van der Waals surface area contributed by atoms with Gasteiger partial charge >= 0.3 is 0 Å². The molecule has 0 aromatic heterocycles. The first-order valence-electron chi connectivity index (χ1n) is 8.40. The first-order valence-corrected chi connectivity index (χ1v) is 8.40. The van der Waals surface area contributed by atoms with Crippen molar-refractivity contribution in [3.05, 3.63) is 53.1 Å². The van der Waals surface area contributed by atoms with Crippen LogP contribution in [0.25, 0.3) is 0 Å². The number of guanidine groups is 1. The maximum atomic E-state index is 5.46. The van der Waals surface area contributed by atoms with Gasteiger partial charge in [0, 0.05) is 31.8 Å². The van der Waals surface area contributed by atoms with Crippen molar-refractivity contribution in [3.63, 3.8) is 0 Å². The van der Waals surface area contributed by atoms with Crippen LogP contribution in [-0.2, 0) is 13.1 Å². The number of hydrogen-bond donors (Lipinski definition) is 2. The summed E-state index contributed by atoms with van der Waals surface area (Å²) in [5, 5.41) is 6.63. The summed E-state index contributed by atoms with van der Waals surface area (Å²) in [5.41, 5.74) is 3.43. The molecule has 0 bridgehead atoms. The summed E-state index contributed by atoms with van der Waals surface area (Å²) in [7, 11) is 6.60. The molecule has 0 aliphatic heterocycles. The Morgan fingerprint density at radius 1 is 0.852 bits per heavy atom. The molecule has 0 saturated heterocycles. The van der Waals surface area contributed by atoms with Gasteiger partial charge in [0.2, 0.25) is 0 Å². The fourth-order valence-corrected chi connectivity index (χ4v) is 2.62. The molecule has 0 unspecified atom stereocenters. The molecule has 148 valence electrons. The van der Waals surface area contributed by atoms with Gasteiger partial charge in [-0.2, -0.15) is 0 Å². The largest absolute Gasteiger partial charge is 0.496 e. The van der Waals surface area contributed by atoms with E-state index in [1.165, 1.54) is 11.1 Å². The van der Waals surface area contributed by atoms with Gasteiger partial charge in [-0.1, -0.05) is 24.3 Å². The molecule has 0 aliphatic rings. The van der Waals surface area contributed by atoms with Crippen molar-refractivity contribution in [2.24, 2.45) is 4.99 Å². The third-order valence-electron chi connectivity index (χ3n) is 4.16. The van der Waals surface area contributed by atoms with E-state index in [1.54, 1.807) is 28.4 Å². The van der Waals surface area contributed by atoms with Crippen LogP contribution in [0.4, 0.5) is 0 Å². The molecule has 0 saturated carbocycles.